The van der Waals surface area contributed by atoms with E-state index in [9.17, 15) is 20.1 Å². The molecule has 1 rings (SSSR count). The van der Waals surface area contributed by atoms with Crippen LogP contribution in [0.5, 0.6) is 11.5 Å². The Morgan fingerprint density at radius 1 is 1.04 bits per heavy atom. The van der Waals surface area contributed by atoms with E-state index < -0.39 is 11.5 Å². The number of phenolic OH excluding ortho intramolecular Hbond substituents is 2. The Balaban J connectivity index is 2.88. The molecule has 1 atom stereocenters. The van der Waals surface area contributed by atoms with Crippen LogP contribution >= 0.6 is 0 Å². The number of nitrogens with one attached hydrogen (secondary N) is 1. The summed E-state index contributed by atoms with van der Waals surface area (Å²) in [5.74, 6) is -0.440. The van der Waals surface area contributed by atoms with Gasteiger partial charge in [0.15, 0.2) is 5.60 Å². The van der Waals surface area contributed by atoms with Crippen LogP contribution < -0.4 is 5.32 Å². The normalized spacial score (nSPS) is 13.8. The summed E-state index contributed by atoms with van der Waals surface area (Å²) >= 11 is 0. The first-order valence-electron chi connectivity index (χ1n) is 8.46. The van der Waals surface area contributed by atoms with Gasteiger partial charge in [0, 0.05) is 24.3 Å². The van der Waals surface area contributed by atoms with Crippen LogP contribution in [0.15, 0.2) is 6.08 Å². The molecule has 1 amide bonds. The molecule has 0 bridgehead atoms. The Bertz CT molecular complexity index is 621. The molecule has 140 valence electrons. The van der Waals surface area contributed by atoms with Crippen molar-refractivity contribution in [3.8, 4) is 11.5 Å². The van der Waals surface area contributed by atoms with E-state index in [1.807, 2.05) is 0 Å². The molecule has 0 spiro atoms. The summed E-state index contributed by atoms with van der Waals surface area (Å²) in [7, 11) is 0. The SMILES string of the molecule is Cc1c(C)c(O)c(C=CC(C)(O)C(=O)NCCCCCO)c(C)c1O. The van der Waals surface area contributed by atoms with Gasteiger partial charge < -0.3 is 25.7 Å². The van der Waals surface area contributed by atoms with Gasteiger partial charge in [0.25, 0.3) is 5.91 Å². The highest BCUT2D eigenvalue weighted by Gasteiger charge is 2.27. The van der Waals surface area contributed by atoms with Crippen LogP contribution in [0.2, 0.25) is 0 Å². The molecule has 0 saturated carbocycles. The van der Waals surface area contributed by atoms with E-state index in [-0.39, 0.29) is 18.1 Å². The van der Waals surface area contributed by atoms with E-state index >= 15 is 0 Å². The maximum Gasteiger partial charge on any atom is 0.255 e. The second-order valence-electron chi connectivity index (χ2n) is 6.51. The van der Waals surface area contributed by atoms with Gasteiger partial charge in [-0.15, -0.1) is 0 Å². The maximum atomic E-state index is 12.1. The van der Waals surface area contributed by atoms with E-state index in [0.29, 0.717) is 35.2 Å². The highest BCUT2D eigenvalue weighted by atomic mass is 16.3. The second kappa shape index (κ2) is 8.87. The van der Waals surface area contributed by atoms with Crippen LogP contribution in [-0.4, -0.2) is 45.1 Å². The minimum absolute atomic E-state index is 0.0178. The van der Waals surface area contributed by atoms with Gasteiger partial charge in [0.05, 0.1) is 0 Å². The number of carbonyl (C=O) groups excluding carboxylic acids is 1. The number of hydrogen-bond donors (Lipinski definition) is 5. The molecule has 0 aliphatic rings. The van der Waals surface area contributed by atoms with Crippen molar-refractivity contribution in [1.82, 2.24) is 5.32 Å². The summed E-state index contributed by atoms with van der Waals surface area (Å²) in [6, 6.07) is 0. The zero-order chi connectivity index (χ0) is 19.2. The fourth-order valence-corrected chi connectivity index (χ4v) is 2.46. The minimum atomic E-state index is -1.75. The second-order valence-corrected chi connectivity index (χ2v) is 6.51. The van der Waals surface area contributed by atoms with Crippen molar-refractivity contribution in [2.75, 3.05) is 13.2 Å². The maximum absolute atomic E-state index is 12.1. The number of aliphatic hydroxyl groups is 2. The van der Waals surface area contributed by atoms with Gasteiger partial charge in [-0.25, -0.2) is 0 Å². The molecule has 5 N–H and O–H groups in total. The molecule has 0 saturated heterocycles. The van der Waals surface area contributed by atoms with Crippen LogP contribution in [0, 0.1) is 20.8 Å². The zero-order valence-electron chi connectivity index (χ0n) is 15.4. The zero-order valence-corrected chi connectivity index (χ0v) is 15.4. The Morgan fingerprint density at radius 2 is 1.64 bits per heavy atom. The molecule has 0 aliphatic carbocycles. The standard InChI is InChI=1S/C19H29NO5/c1-12-13(2)17(23)15(14(3)16(12)22)8-9-19(4,25)18(24)20-10-6-5-7-11-21/h8-9,21-23,25H,5-7,10-11H2,1-4H3,(H,20,24). The molecule has 0 radical (unpaired) electrons. The number of aromatic hydroxyl groups is 2. The Morgan fingerprint density at radius 3 is 2.24 bits per heavy atom. The van der Waals surface area contributed by atoms with Gasteiger partial charge in [-0.3, -0.25) is 4.79 Å². The molecule has 0 aromatic heterocycles. The van der Waals surface area contributed by atoms with Crippen LogP contribution in [0.1, 0.15) is 48.4 Å². The molecule has 25 heavy (non-hydrogen) atoms. The van der Waals surface area contributed by atoms with Crippen LogP contribution in [-0.2, 0) is 4.79 Å². The summed E-state index contributed by atoms with van der Waals surface area (Å²) in [5.41, 5.74) is 0.258. The lowest BCUT2D eigenvalue weighted by atomic mass is 9.95. The summed E-state index contributed by atoms with van der Waals surface area (Å²) in [5, 5.41) is 42.1. The third-order valence-electron chi connectivity index (χ3n) is 4.44. The number of benzene rings is 1. The predicted octanol–water partition coefficient (Wildman–Crippen LogP) is 2.07. The topological polar surface area (TPSA) is 110 Å². The first-order chi connectivity index (χ1) is 11.6. The van der Waals surface area contributed by atoms with Gasteiger partial charge in [0.2, 0.25) is 0 Å². The van der Waals surface area contributed by atoms with Crippen LogP contribution in [0.25, 0.3) is 6.08 Å². The number of aliphatic hydroxyl groups excluding tert-OH is 1. The highest BCUT2D eigenvalue weighted by molar-refractivity contribution is 5.88. The van der Waals surface area contributed by atoms with Crippen molar-refractivity contribution in [3.05, 3.63) is 28.3 Å². The summed E-state index contributed by atoms with van der Waals surface area (Å²) in [4.78, 5) is 12.1. The smallest absolute Gasteiger partial charge is 0.255 e. The average molecular weight is 351 g/mol. The lowest BCUT2D eigenvalue weighted by molar-refractivity contribution is -0.133. The number of unbranched alkanes of at least 4 members (excludes halogenated alkanes) is 2. The van der Waals surface area contributed by atoms with Crippen molar-refractivity contribution in [1.29, 1.82) is 0 Å². The number of carbonyl (C=O) groups is 1. The lowest BCUT2D eigenvalue weighted by Gasteiger charge is -2.19. The largest absolute Gasteiger partial charge is 0.507 e. The lowest BCUT2D eigenvalue weighted by Crippen LogP contribution is -2.43. The summed E-state index contributed by atoms with van der Waals surface area (Å²) in [6.07, 6.45) is 4.94. The Hall–Kier alpha value is -2.05. The Labute approximate surface area is 148 Å². The molecule has 6 nitrogen and oxygen atoms in total. The fraction of sp³-hybridized carbons (Fsp3) is 0.526. The third-order valence-corrected chi connectivity index (χ3v) is 4.44. The number of amides is 1. The summed E-state index contributed by atoms with van der Waals surface area (Å²) in [6.45, 7) is 6.97. The van der Waals surface area contributed by atoms with Crippen molar-refractivity contribution < 1.29 is 25.2 Å². The third kappa shape index (κ3) is 5.21. The average Bonchev–Trinajstić information content (AvgIpc) is 2.57. The first-order valence-corrected chi connectivity index (χ1v) is 8.46. The molecule has 6 heteroatoms. The first kappa shape index (κ1) is 21.0. The van der Waals surface area contributed by atoms with Gasteiger partial charge >= 0.3 is 0 Å². The van der Waals surface area contributed by atoms with Crippen LogP contribution in [0.4, 0.5) is 0 Å². The van der Waals surface area contributed by atoms with E-state index in [1.165, 1.54) is 19.1 Å². The van der Waals surface area contributed by atoms with E-state index in [2.05, 4.69) is 5.32 Å². The molecule has 1 aromatic carbocycles. The molecule has 0 fully saturated rings. The highest BCUT2D eigenvalue weighted by Crippen LogP contribution is 2.37. The van der Waals surface area contributed by atoms with E-state index in [1.54, 1.807) is 20.8 Å². The quantitative estimate of drug-likeness (QED) is 0.364. The van der Waals surface area contributed by atoms with E-state index in [0.717, 1.165) is 12.8 Å². The van der Waals surface area contributed by atoms with Crippen molar-refractivity contribution >= 4 is 12.0 Å². The van der Waals surface area contributed by atoms with Gasteiger partial charge in [-0.05, 0) is 64.2 Å². The number of phenols is 2. The van der Waals surface area contributed by atoms with Crippen molar-refractivity contribution in [2.24, 2.45) is 0 Å². The van der Waals surface area contributed by atoms with Crippen molar-refractivity contribution in [3.63, 3.8) is 0 Å². The minimum Gasteiger partial charge on any atom is -0.507 e. The number of hydrogen-bond acceptors (Lipinski definition) is 5. The molecule has 0 heterocycles. The number of rotatable bonds is 8. The summed E-state index contributed by atoms with van der Waals surface area (Å²) < 4.78 is 0. The monoisotopic (exact) mass is 351 g/mol. The predicted molar refractivity (Wildman–Crippen MR) is 97.6 cm³/mol. The van der Waals surface area contributed by atoms with Gasteiger partial charge in [-0.1, -0.05) is 6.08 Å². The van der Waals surface area contributed by atoms with Gasteiger partial charge in [0.1, 0.15) is 11.5 Å². The molecule has 0 aliphatic heterocycles. The molecule has 1 aromatic rings. The van der Waals surface area contributed by atoms with E-state index in [4.69, 9.17) is 5.11 Å². The van der Waals surface area contributed by atoms with Crippen LogP contribution in [0.3, 0.4) is 0 Å². The molecule has 1 unspecified atom stereocenters. The fourth-order valence-electron chi connectivity index (χ4n) is 2.46. The molecular weight excluding hydrogens is 322 g/mol. The Kier molecular flexibility index (Phi) is 7.45. The van der Waals surface area contributed by atoms with Gasteiger partial charge in [-0.2, -0.15) is 0 Å². The van der Waals surface area contributed by atoms with Crippen molar-refractivity contribution in [2.45, 2.75) is 52.6 Å². The molecular formula is C19H29NO5.